The van der Waals surface area contributed by atoms with Crippen LogP contribution < -0.4 is 5.73 Å². The van der Waals surface area contributed by atoms with Crippen molar-refractivity contribution in [2.24, 2.45) is 0 Å². The van der Waals surface area contributed by atoms with Crippen molar-refractivity contribution in [2.45, 2.75) is 19.8 Å². The quantitative estimate of drug-likeness (QED) is 0.913. The normalized spacial score (nSPS) is 11.1. The third-order valence-electron chi connectivity index (χ3n) is 2.46. The number of anilines is 1. The highest BCUT2D eigenvalue weighted by molar-refractivity contribution is 9.10. The van der Waals surface area contributed by atoms with Gasteiger partial charge in [-0.1, -0.05) is 34.9 Å². The van der Waals surface area contributed by atoms with Crippen molar-refractivity contribution in [3.63, 3.8) is 0 Å². The molecule has 0 unspecified atom stereocenters. The Kier molecular flexibility index (Phi) is 3.19. The SMILES string of the molecule is CC(C)c1c(N)noc1-c1cc(F)cc(Br)c1. The molecule has 2 aromatic rings. The Morgan fingerprint density at radius 2 is 2.06 bits per heavy atom. The first-order valence-electron chi connectivity index (χ1n) is 5.20. The Labute approximate surface area is 107 Å². The topological polar surface area (TPSA) is 52.0 Å². The molecule has 1 heterocycles. The van der Waals surface area contributed by atoms with Gasteiger partial charge in [0, 0.05) is 15.6 Å². The number of aromatic nitrogens is 1. The molecule has 0 radical (unpaired) electrons. The molecular weight excluding hydrogens is 287 g/mol. The van der Waals surface area contributed by atoms with E-state index >= 15 is 0 Å². The van der Waals surface area contributed by atoms with Crippen molar-refractivity contribution >= 4 is 21.7 Å². The molecule has 5 heteroatoms. The summed E-state index contributed by atoms with van der Waals surface area (Å²) in [4.78, 5) is 0. The first-order chi connectivity index (χ1) is 7.99. The fraction of sp³-hybridized carbons (Fsp3) is 0.250. The van der Waals surface area contributed by atoms with E-state index in [9.17, 15) is 4.39 Å². The van der Waals surface area contributed by atoms with E-state index in [-0.39, 0.29) is 11.7 Å². The summed E-state index contributed by atoms with van der Waals surface area (Å²) in [6.45, 7) is 3.97. The molecule has 0 aliphatic heterocycles. The van der Waals surface area contributed by atoms with Crippen LogP contribution >= 0.6 is 15.9 Å². The van der Waals surface area contributed by atoms with Crippen LogP contribution in [-0.4, -0.2) is 5.16 Å². The molecule has 90 valence electrons. The molecule has 0 aliphatic carbocycles. The average molecular weight is 299 g/mol. The molecule has 0 saturated carbocycles. The van der Waals surface area contributed by atoms with Gasteiger partial charge in [0.2, 0.25) is 0 Å². The minimum atomic E-state index is -0.334. The van der Waals surface area contributed by atoms with Gasteiger partial charge >= 0.3 is 0 Å². The maximum atomic E-state index is 13.3. The second-order valence-electron chi connectivity index (χ2n) is 4.12. The predicted octanol–water partition coefficient (Wildman–Crippen LogP) is 3.95. The Morgan fingerprint density at radius 3 is 2.65 bits per heavy atom. The van der Waals surface area contributed by atoms with Crippen molar-refractivity contribution in [3.05, 3.63) is 34.1 Å². The summed E-state index contributed by atoms with van der Waals surface area (Å²) in [6, 6.07) is 4.56. The lowest BCUT2D eigenvalue weighted by atomic mass is 9.99. The van der Waals surface area contributed by atoms with Crippen LogP contribution in [0.15, 0.2) is 27.2 Å². The third-order valence-corrected chi connectivity index (χ3v) is 2.92. The van der Waals surface area contributed by atoms with E-state index in [0.29, 0.717) is 21.6 Å². The van der Waals surface area contributed by atoms with Gasteiger partial charge in [0.15, 0.2) is 11.6 Å². The van der Waals surface area contributed by atoms with Crippen LogP contribution in [0, 0.1) is 5.82 Å². The molecule has 2 N–H and O–H groups in total. The van der Waals surface area contributed by atoms with Gasteiger partial charge in [0.25, 0.3) is 0 Å². The lowest BCUT2D eigenvalue weighted by Crippen LogP contribution is -1.95. The lowest BCUT2D eigenvalue weighted by molar-refractivity contribution is 0.434. The standard InChI is InChI=1S/C12H12BrFN2O/c1-6(2)10-11(17-16-12(10)15)7-3-8(13)5-9(14)4-7/h3-6H,1-2H3,(H2,15,16). The predicted molar refractivity (Wildman–Crippen MR) is 68.1 cm³/mol. The zero-order valence-corrected chi connectivity index (χ0v) is 11.1. The molecule has 1 aromatic carbocycles. The summed E-state index contributed by atoms with van der Waals surface area (Å²) >= 11 is 3.25. The molecular formula is C12H12BrFN2O. The van der Waals surface area contributed by atoms with E-state index in [0.717, 1.165) is 5.56 Å². The summed E-state index contributed by atoms with van der Waals surface area (Å²) in [5.74, 6) is 0.713. The van der Waals surface area contributed by atoms with Gasteiger partial charge in [-0.15, -0.1) is 0 Å². The Balaban J connectivity index is 2.60. The molecule has 0 bridgehead atoms. The van der Waals surface area contributed by atoms with Crippen molar-refractivity contribution in [2.75, 3.05) is 5.73 Å². The summed E-state index contributed by atoms with van der Waals surface area (Å²) in [5.41, 5.74) is 7.18. The van der Waals surface area contributed by atoms with Crippen LogP contribution in [0.25, 0.3) is 11.3 Å². The van der Waals surface area contributed by atoms with Gasteiger partial charge in [-0.3, -0.25) is 0 Å². The van der Waals surface area contributed by atoms with Gasteiger partial charge in [0.05, 0.1) is 0 Å². The zero-order chi connectivity index (χ0) is 12.6. The van der Waals surface area contributed by atoms with Crippen molar-refractivity contribution in [1.29, 1.82) is 0 Å². The van der Waals surface area contributed by atoms with Gasteiger partial charge in [0.1, 0.15) is 5.82 Å². The van der Waals surface area contributed by atoms with Crippen LogP contribution in [-0.2, 0) is 0 Å². The highest BCUT2D eigenvalue weighted by Gasteiger charge is 2.19. The number of halogens is 2. The lowest BCUT2D eigenvalue weighted by Gasteiger charge is -2.06. The second kappa shape index (κ2) is 4.49. The molecule has 3 nitrogen and oxygen atoms in total. The molecule has 0 aliphatic rings. The number of hydrogen-bond acceptors (Lipinski definition) is 3. The monoisotopic (exact) mass is 298 g/mol. The average Bonchev–Trinajstić information content (AvgIpc) is 2.58. The van der Waals surface area contributed by atoms with E-state index in [1.54, 1.807) is 6.07 Å². The summed E-state index contributed by atoms with van der Waals surface area (Å²) in [7, 11) is 0. The van der Waals surface area contributed by atoms with Crippen molar-refractivity contribution in [1.82, 2.24) is 5.16 Å². The van der Waals surface area contributed by atoms with Crippen molar-refractivity contribution in [3.8, 4) is 11.3 Å². The van der Waals surface area contributed by atoms with Crippen LogP contribution in [0.1, 0.15) is 25.3 Å². The number of nitrogens with two attached hydrogens (primary N) is 1. The minimum Gasteiger partial charge on any atom is -0.381 e. The second-order valence-corrected chi connectivity index (χ2v) is 5.04. The maximum absolute atomic E-state index is 13.3. The number of benzene rings is 1. The maximum Gasteiger partial charge on any atom is 0.172 e. The van der Waals surface area contributed by atoms with Crippen LogP contribution in [0.2, 0.25) is 0 Å². The number of rotatable bonds is 2. The summed E-state index contributed by atoms with van der Waals surface area (Å²) in [6.07, 6.45) is 0. The molecule has 0 fully saturated rings. The number of nitrogens with zero attached hydrogens (tertiary/aromatic N) is 1. The summed E-state index contributed by atoms with van der Waals surface area (Å²) in [5, 5.41) is 3.74. The van der Waals surface area contributed by atoms with E-state index in [2.05, 4.69) is 21.1 Å². The van der Waals surface area contributed by atoms with Crippen LogP contribution in [0.5, 0.6) is 0 Å². The van der Waals surface area contributed by atoms with Gasteiger partial charge in [-0.2, -0.15) is 0 Å². The summed E-state index contributed by atoms with van der Waals surface area (Å²) < 4.78 is 19.2. The smallest absolute Gasteiger partial charge is 0.172 e. The first-order valence-corrected chi connectivity index (χ1v) is 6.00. The molecule has 0 spiro atoms. The third kappa shape index (κ3) is 2.34. The molecule has 0 saturated heterocycles. The highest BCUT2D eigenvalue weighted by Crippen LogP contribution is 2.34. The van der Waals surface area contributed by atoms with E-state index in [1.807, 2.05) is 13.8 Å². The highest BCUT2D eigenvalue weighted by atomic mass is 79.9. The van der Waals surface area contributed by atoms with Gasteiger partial charge in [-0.25, -0.2) is 4.39 Å². The number of hydrogen-bond donors (Lipinski definition) is 1. The molecule has 17 heavy (non-hydrogen) atoms. The fourth-order valence-corrected chi connectivity index (χ4v) is 2.23. The van der Waals surface area contributed by atoms with Crippen molar-refractivity contribution < 1.29 is 8.91 Å². The molecule has 2 rings (SSSR count). The molecule has 1 aromatic heterocycles. The first kappa shape index (κ1) is 12.1. The van der Waals surface area contributed by atoms with Crippen LogP contribution in [0.3, 0.4) is 0 Å². The van der Waals surface area contributed by atoms with Gasteiger partial charge < -0.3 is 10.3 Å². The zero-order valence-electron chi connectivity index (χ0n) is 9.50. The van der Waals surface area contributed by atoms with Gasteiger partial charge in [-0.05, 0) is 24.1 Å². The van der Waals surface area contributed by atoms with E-state index in [4.69, 9.17) is 10.3 Å². The Bertz CT molecular complexity index is 531. The van der Waals surface area contributed by atoms with E-state index < -0.39 is 0 Å². The largest absolute Gasteiger partial charge is 0.381 e. The number of nitrogen functional groups attached to an aromatic ring is 1. The molecule has 0 amide bonds. The Hall–Kier alpha value is -1.36. The van der Waals surface area contributed by atoms with E-state index in [1.165, 1.54) is 12.1 Å². The molecule has 0 atom stereocenters. The fourth-order valence-electron chi connectivity index (χ4n) is 1.76. The minimum absolute atomic E-state index is 0.165. The Morgan fingerprint density at radius 1 is 1.35 bits per heavy atom. The van der Waals surface area contributed by atoms with Crippen LogP contribution in [0.4, 0.5) is 10.2 Å².